The predicted molar refractivity (Wildman–Crippen MR) is 102 cm³/mol. The smallest absolute Gasteiger partial charge is 0.308 e. The van der Waals surface area contributed by atoms with Crippen molar-refractivity contribution in [3.05, 3.63) is 89.3 Å². The molecule has 2 aromatic rings. The maximum absolute atomic E-state index is 12.6. The molecule has 0 aliphatic heterocycles. The fourth-order valence-electron chi connectivity index (χ4n) is 2.36. The minimum Gasteiger partial charge on any atom is -0.425 e. The van der Waals surface area contributed by atoms with Crippen LogP contribution in [0, 0.1) is 0 Å². The highest BCUT2D eigenvalue weighted by Gasteiger charge is 2.16. The first-order valence-corrected chi connectivity index (χ1v) is 8.24. The SMILES string of the molecule is CC(=O)OC(=CNC=O)C(C)=C(NC(=O)c1ccccc1)c1ccccc1. The third kappa shape index (κ3) is 5.67. The Hall–Kier alpha value is -3.67. The van der Waals surface area contributed by atoms with Crippen LogP contribution in [-0.4, -0.2) is 18.3 Å². The van der Waals surface area contributed by atoms with E-state index in [0.717, 1.165) is 5.56 Å². The number of esters is 1. The van der Waals surface area contributed by atoms with Gasteiger partial charge in [0.05, 0.1) is 5.70 Å². The summed E-state index contributed by atoms with van der Waals surface area (Å²) >= 11 is 0. The van der Waals surface area contributed by atoms with E-state index in [-0.39, 0.29) is 11.7 Å². The molecule has 138 valence electrons. The van der Waals surface area contributed by atoms with E-state index in [1.54, 1.807) is 31.2 Å². The third-order valence-corrected chi connectivity index (χ3v) is 3.62. The third-order valence-electron chi connectivity index (χ3n) is 3.62. The average Bonchev–Trinajstić information content (AvgIpc) is 2.69. The van der Waals surface area contributed by atoms with Gasteiger partial charge in [0.1, 0.15) is 0 Å². The van der Waals surface area contributed by atoms with Crippen LogP contribution in [0.15, 0.2) is 78.2 Å². The first-order valence-electron chi connectivity index (χ1n) is 8.24. The molecule has 6 nitrogen and oxygen atoms in total. The summed E-state index contributed by atoms with van der Waals surface area (Å²) in [4.78, 5) is 34.7. The summed E-state index contributed by atoms with van der Waals surface area (Å²) in [6.07, 6.45) is 1.73. The number of hydrogen-bond donors (Lipinski definition) is 2. The molecule has 0 atom stereocenters. The van der Waals surface area contributed by atoms with Crippen molar-refractivity contribution in [3.8, 4) is 0 Å². The monoisotopic (exact) mass is 364 g/mol. The summed E-state index contributed by atoms with van der Waals surface area (Å²) in [5, 5.41) is 5.23. The first-order chi connectivity index (χ1) is 13.0. The van der Waals surface area contributed by atoms with Gasteiger partial charge in [-0.05, 0) is 24.6 Å². The highest BCUT2D eigenvalue weighted by Crippen LogP contribution is 2.23. The summed E-state index contributed by atoms with van der Waals surface area (Å²) in [5.41, 5.74) is 2.16. The van der Waals surface area contributed by atoms with Crippen molar-refractivity contribution >= 4 is 24.0 Å². The van der Waals surface area contributed by atoms with E-state index in [0.29, 0.717) is 23.2 Å². The van der Waals surface area contributed by atoms with Crippen molar-refractivity contribution in [2.45, 2.75) is 13.8 Å². The van der Waals surface area contributed by atoms with Crippen LogP contribution in [0.4, 0.5) is 0 Å². The number of carbonyl (C=O) groups is 3. The first kappa shape index (κ1) is 19.7. The highest BCUT2D eigenvalue weighted by molar-refractivity contribution is 6.00. The molecule has 0 fully saturated rings. The van der Waals surface area contributed by atoms with E-state index in [9.17, 15) is 14.4 Å². The number of allylic oxidation sites excluding steroid dienone is 1. The maximum atomic E-state index is 12.6. The lowest BCUT2D eigenvalue weighted by Crippen LogP contribution is -2.23. The van der Waals surface area contributed by atoms with Gasteiger partial charge in [-0.15, -0.1) is 0 Å². The van der Waals surface area contributed by atoms with Crippen LogP contribution in [-0.2, 0) is 14.3 Å². The second kappa shape index (κ2) is 9.72. The number of rotatable bonds is 7. The summed E-state index contributed by atoms with van der Waals surface area (Å²) in [6.45, 7) is 2.95. The molecule has 2 N–H and O–H groups in total. The topological polar surface area (TPSA) is 84.5 Å². The van der Waals surface area contributed by atoms with E-state index < -0.39 is 5.97 Å². The van der Waals surface area contributed by atoms with Gasteiger partial charge in [0.2, 0.25) is 6.41 Å². The lowest BCUT2D eigenvalue weighted by atomic mass is 10.1. The molecule has 0 heterocycles. The largest absolute Gasteiger partial charge is 0.425 e. The second-order valence-corrected chi connectivity index (χ2v) is 5.57. The summed E-state index contributed by atoms with van der Waals surface area (Å²) < 4.78 is 5.20. The van der Waals surface area contributed by atoms with Gasteiger partial charge in [-0.1, -0.05) is 48.5 Å². The number of benzene rings is 2. The minimum absolute atomic E-state index is 0.127. The summed E-state index contributed by atoms with van der Waals surface area (Å²) in [5.74, 6) is -0.726. The van der Waals surface area contributed by atoms with Crippen LogP contribution in [0.2, 0.25) is 0 Å². The molecular weight excluding hydrogens is 344 g/mol. The Labute approximate surface area is 157 Å². The van der Waals surface area contributed by atoms with Crippen molar-refractivity contribution in [1.82, 2.24) is 10.6 Å². The zero-order valence-electron chi connectivity index (χ0n) is 15.1. The molecule has 0 unspecified atom stereocenters. The molecule has 27 heavy (non-hydrogen) atoms. The van der Waals surface area contributed by atoms with Gasteiger partial charge in [-0.3, -0.25) is 14.4 Å². The molecular formula is C21H20N2O4. The summed E-state index contributed by atoms with van der Waals surface area (Å²) in [7, 11) is 0. The van der Waals surface area contributed by atoms with Gasteiger partial charge >= 0.3 is 5.97 Å². The number of hydrogen-bond acceptors (Lipinski definition) is 4. The van der Waals surface area contributed by atoms with Crippen molar-refractivity contribution in [2.75, 3.05) is 0 Å². The van der Waals surface area contributed by atoms with E-state index in [4.69, 9.17) is 4.74 Å². The van der Waals surface area contributed by atoms with Gasteiger partial charge in [0, 0.05) is 24.3 Å². The van der Waals surface area contributed by atoms with Crippen LogP contribution in [0.5, 0.6) is 0 Å². The predicted octanol–water partition coefficient (Wildman–Crippen LogP) is 3.00. The molecule has 0 saturated carbocycles. The Kier molecular flexibility index (Phi) is 7.07. The van der Waals surface area contributed by atoms with E-state index in [1.165, 1.54) is 13.1 Å². The molecule has 0 radical (unpaired) electrons. The van der Waals surface area contributed by atoms with Crippen LogP contribution < -0.4 is 10.6 Å². The van der Waals surface area contributed by atoms with Gasteiger partial charge in [-0.25, -0.2) is 0 Å². The zero-order chi connectivity index (χ0) is 19.6. The molecule has 0 saturated heterocycles. The molecule has 2 amide bonds. The van der Waals surface area contributed by atoms with Gasteiger partial charge in [0.15, 0.2) is 5.76 Å². The fraction of sp³-hybridized carbons (Fsp3) is 0.0952. The lowest BCUT2D eigenvalue weighted by Gasteiger charge is -2.16. The van der Waals surface area contributed by atoms with Crippen molar-refractivity contribution in [2.24, 2.45) is 0 Å². The number of amides is 2. The second-order valence-electron chi connectivity index (χ2n) is 5.57. The Balaban J connectivity index is 2.50. The van der Waals surface area contributed by atoms with E-state index in [2.05, 4.69) is 10.6 Å². The molecule has 0 spiro atoms. The van der Waals surface area contributed by atoms with Crippen molar-refractivity contribution < 1.29 is 19.1 Å². The molecule has 2 aromatic carbocycles. The van der Waals surface area contributed by atoms with Crippen molar-refractivity contribution in [3.63, 3.8) is 0 Å². The van der Waals surface area contributed by atoms with Crippen LogP contribution in [0.1, 0.15) is 29.8 Å². The van der Waals surface area contributed by atoms with E-state index >= 15 is 0 Å². The number of carbonyl (C=O) groups excluding carboxylic acids is 3. The summed E-state index contributed by atoms with van der Waals surface area (Å²) in [6, 6.07) is 17.9. The van der Waals surface area contributed by atoms with Crippen LogP contribution >= 0.6 is 0 Å². The minimum atomic E-state index is -0.546. The number of nitrogens with one attached hydrogen (secondary N) is 2. The van der Waals surface area contributed by atoms with Crippen molar-refractivity contribution in [1.29, 1.82) is 0 Å². The molecule has 2 rings (SSSR count). The molecule has 6 heteroatoms. The lowest BCUT2D eigenvalue weighted by molar-refractivity contribution is -0.136. The van der Waals surface area contributed by atoms with Gasteiger partial charge in [0.25, 0.3) is 5.91 Å². The molecule has 0 aliphatic carbocycles. The highest BCUT2D eigenvalue weighted by atomic mass is 16.5. The Morgan fingerprint density at radius 2 is 1.44 bits per heavy atom. The Morgan fingerprint density at radius 3 is 1.96 bits per heavy atom. The fourth-order valence-corrected chi connectivity index (χ4v) is 2.36. The van der Waals surface area contributed by atoms with Gasteiger partial charge < -0.3 is 15.4 Å². The van der Waals surface area contributed by atoms with Crippen LogP contribution in [0.3, 0.4) is 0 Å². The van der Waals surface area contributed by atoms with E-state index in [1.807, 2.05) is 36.4 Å². The maximum Gasteiger partial charge on any atom is 0.308 e. The normalized spacial score (nSPS) is 11.9. The molecule has 0 bridgehead atoms. The zero-order valence-corrected chi connectivity index (χ0v) is 15.1. The number of ether oxygens (including phenoxy) is 1. The standard InChI is InChI=1S/C21H20N2O4/c1-15(19(13-22-14-24)27-16(2)25)20(17-9-5-3-6-10-17)23-21(26)18-11-7-4-8-12-18/h3-14H,1-2H3,(H,22,24)(H,23,26). The quantitative estimate of drug-likeness (QED) is 0.342. The van der Waals surface area contributed by atoms with Crippen LogP contribution in [0.25, 0.3) is 5.70 Å². The van der Waals surface area contributed by atoms with Gasteiger partial charge in [-0.2, -0.15) is 0 Å². The Bertz CT molecular complexity index is 872. The Morgan fingerprint density at radius 1 is 0.889 bits per heavy atom. The molecule has 0 aromatic heterocycles. The molecule has 0 aliphatic rings. The average molecular weight is 364 g/mol.